The first-order valence-electron chi connectivity index (χ1n) is 9.87. The number of ketones is 1. The highest BCUT2D eigenvalue weighted by Crippen LogP contribution is 2.42. The second kappa shape index (κ2) is 8.81. The van der Waals surface area contributed by atoms with Crippen molar-refractivity contribution in [3.8, 4) is 12.1 Å². The molecule has 3 rings (SSSR count). The third kappa shape index (κ3) is 4.79. The number of non-ortho nitro benzene ring substituents is 1. The van der Waals surface area contributed by atoms with Crippen molar-refractivity contribution in [2.45, 2.75) is 32.7 Å². The molecule has 0 N–H and O–H groups in total. The van der Waals surface area contributed by atoms with Gasteiger partial charge in [-0.1, -0.05) is 44.2 Å². The van der Waals surface area contributed by atoms with Crippen LogP contribution in [0.2, 0.25) is 0 Å². The van der Waals surface area contributed by atoms with Gasteiger partial charge in [-0.05, 0) is 29.5 Å². The predicted octanol–water partition coefficient (Wildman–Crippen LogP) is 5.08. The van der Waals surface area contributed by atoms with E-state index in [4.69, 9.17) is 0 Å². The van der Waals surface area contributed by atoms with Gasteiger partial charge in [0.2, 0.25) is 0 Å². The molecule has 0 spiro atoms. The Morgan fingerprint density at radius 2 is 1.65 bits per heavy atom. The minimum atomic E-state index is -1.07. The van der Waals surface area contributed by atoms with Gasteiger partial charge in [0.25, 0.3) is 5.69 Å². The van der Waals surface area contributed by atoms with Crippen LogP contribution in [-0.2, 0) is 4.79 Å². The molecule has 0 saturated heterocycles. The lowest BCUT2D eigenvalue weighted by Crippen LogP contribution is -2.37. The molecule has 0 bridgehead atoms. The maximum atomic E-state index is 12.5. The number of rotatable bonds is 6. The van der Waals surface area contributed by atoms with Gasteiger partial charge in [0.05, 0.1) is 23.1 Å². The van der Waals surface area contributed by atoms with Crippen LogP contribution in [0.25, 0.3) is 0 Å². The van der Waals surface area contributed by atoms with Crippen LogP contribution in [-0.4, -0.2) is 10.7 Å². The van der Waals surface area contributed by atoms with Gasteiger partial charge in [-0.3, -0.25) is 14.9 Å². The van der Waals surface area contributed by atoms with Crippen LogP contribution < -0.4 is 4.90 Å². The fourth-order valence-corrected chi connectivity index (χ4v) is 4.01. The third-order valence-corrected chi connectivity index (χ3v) is 5.30. The molecular weight excluding hydrogens is 392 g/mol. The van der Waals surface area contributed by atoms with Gasteiger partial charge >= 0.3 is 0 Å². The van der Waals surface area contributed by atoms with Gasteiger partial charge in [-0.25, -0.2) is 0 Å². The number of carbonyl (C=O) groups is 1. The summed E-state index contributed by atoms with van der Waals surface area (Å²) in [7, 11) is 0. The van der Waals surface area contributed by atoms with Gasteiger partial charge in [0, 0.05) is 36.0 Å². The Morgan fingerprint density at radius 1 is 1.03 bits per heavy atom. The van der Waals surface area contributed by atoms with Crippen molar-refractivity contribution in [1.29, 1.82) is 10.5 Å². The normalized spacial score (nSPS) is 16.0. The van der Waals surface area contributed by atoms with E-state index in [1.165, 1.54) is 12.1 Å². The van der Waals surface area contributed by atoms with Crippen LogP contribution in [0.4, 0.5) is 11.4 Å². The maximum absolute atomic E-state index is 12.5. The van der Waals surface area contributed by atoms with Gasteiger partial charge in [-0.2, -0.15) is 10.5 Å². The van der Waals surface area contributed by atoms with E-state index < -0.39 is 16.9 Å². The maximum Gasteiger partial charge on any atom is 0.269 e. The SMILES string of the molecule is CC1(C)CC(=O)C=C(N(c2ccccc2)C(c2ccc([N+](=O)[O-])cc2)C(C#N)C#N)C1. The zero-order chi connectivity index (χ0) is 22.6. The first-order valence-corrected chi connectivity index (χ1v) is 9.87. The molecule has 0 aromatic heterocycles. The average molecular weight is 414 g/mol. The van der Waals surface area contributed by atoms with Crippen LogP contribution in [0.1, 0.15) is 38.3 Å². The van der Waals surface area contributed by atoms with Gasteiger partial charge in [0.15, 0.2) is 11.7 Å². The first kappa shape index (κ1) is 21.7. The molecule has 7 nitrogen and oxygen atoms in total. The fourth-order valence-electron chi connectivity index (χ4n) is 4.01. The molecule has 2 aromatic rings. The Hall–Kier alpha value is -3.97. The number of nitrogens with zero attached hydrogens (tertiary/aromatic N) is 4. The lowest BCUT2D eigenvalue weighted by Gasteiger charge is -2.40. The Morgan fingerprint density at radius 3 is 2.16 bits per heavy atom. The highest BCUT2D eigenvalue weighted by molar-refractivity contribution is 5.92. The highest BCUT2D eigenvalue weighted by Gasteiger charge is 2.37. The molecule has 1 unspecified atom stereocenters. The van der Waals surface area contributed by atoms with Crippen molar-refractivity contribution < 1.29 is 9.72 Å². The molecular formula is C24H22N4O3. The molecule has 1 aliphatic rings. The van der Waals surface area contributed by atoms with E-state index in [2.05, 4.69) is 12.1 Å². The topological polar surface area (TPSA) is 111 Å². The van der Waals surface area contributed by atoms with Crippen molar-refractivity contribution in [2.24, 2.45) is 11.3 Å². The Labute approximate surface area is 181 Å². The molecule has 7 heteroatoms. The number of para-hydroxylation sites is 1. The average Bonchev–Trinajstić information content (AvgIpc) is 2.73. The van der Waals surface area contributed by atoms with Crippen molar-refractivity contribution in [3.63, 3.8) is 0 Å². The minimum absolute atomic E-state index is 0.0138. The number of anilines is 1. The fraction of sp³-hybridized carbons (Fsp3) is 0.292. The summed E-state index contributed by atoms with van der Waals surface area (Å²) in [5, 5.41) is 30.6. The van der Waals surface area contributed by atoms with Crippen LogP contribution >= 0.6 is 0 Å². The van der Waals surface area contributed by atoms with Gasteiger partial charge in [-0.15, -0.1) is 0 Å². The minimum Gasteiger partial charge on any atom is -0.335 e. The highest BCUT2D eigenvalue weighted by atomic mass is 16.6. The quantitative estimate of drug-likeness (QED) is 0.481. The summed E-state index contributed by atoms with van der Waals surface area (Å²) >= 11 is 0. The molecule has 1 aliphatic carbocycles. The Balaban J connectivity index is 2.21. The molecule has 0 fully saturated rings. The van der Waals surface area contributed by atoms with Crippen LogP contribution in [0, 0.1) is 44.1 Å². The molecule has 0 radical (unpaired) electrons. The zero-order valence-electron chi connectivity index (χ0n) is 17.4. The smallest absolute Gasteiger partial charge is 0.269 e. The van der Waals surface area contributed by atoms with E-state index in [1.807, 2.05) is 49.1 Å². The van der Waals surface area contributed by atoms with Crippen molar-refractivity contribution in [2.75, 3.05) is 4.90 Å². The Bertz CT molecular complexity index is 1080. The van der Waals surface area contributed by atoms with Crippen LogP contribution in [0.3, 0.4) is 0 Å². The van der Waals surface area contributed by atoms with Crippen LogP contribution in [0.5, 0.6) is 0 Å². The number of nitro benzene ring substituents is 1. The summed E-state index contributed by atoms with van der Waals surface area (Å²) in [5.41, 5.74) is 1.68. The lowest BCUT2D eigenvalue weighted by atomic mass is 9.77. The zero-order valence-corrected chi connectivity index (χ0v) is 17.4. The molecule has 0 heterocycles. The molecule has 0 amide bonds. The molecule has 31 heavy (non-hydrogen) atoms. The molecule has 0 aliphatic heterocycles. The second-order valence-electron chi connectivity index (χ2n) is 8.35. The van der Waals surface area contributed by atoms with Crippen molar-refractivity contribution >= 4 is 17.2 Å². The number of nitriles is 2. The van der Waals surface area contributed by atoms with E-state index in [9.17, 15) is 25.4 Å². The number of hydrogen-bond donors (Lipinski definition) is 0. The molecule has 1 atom stereocenters. The predicted molar refractivity (Wildman–Crippen MR) is 116 cm³/mol. The Kier molecular flexibility index (Phi) is 6.17. The summed E-state index contributed by atoms with van der Waals surface area (Å²) in [4.78, 5) is 24.9. The van der Waals surface area contributed by atoms with Crippen molar-refractivity contribution in [3.05, 3.63) is 82.0 Å². The number of nitro groups is 1. The lowest BCUT2D eigenvalue weighted by molar-refractivity contribution is -0.384. The summed E-state index contributed by atoms with van der Waals surface area (Å²) in [5.74, 6) is -1.08. The number of carbonyl (C=O) groups excluding carboxylic acids is 1. The summed E-state index contributed by atoms with van der Waals surface area (Å²) in [6, 6.07) is 18.5. The summed E-state index contributed by atoms with van der Waals surface area (Å²) in [6.07, 6.45) is 2.59. The van der Waals surface area contributed by atoms with Crippen LogP contribution in [0.15, 0.2) is 66.4 Å². The van der Waals surface area contributed by atoms with E-state index >= 15 is 0 Å². The van der Waals surface area contributed by atoms with E-state index in [0.29, 0.717) is 24.1 Å². The van der Waals surface area contributed by atoms with Crippen molar-refractivity contribution in [1.82, 2.24) is 0 Å². The standard InChI is InChI=1S/C24H22N4O3/c1-24(2)13-21(12-22(29)14-24)27(19-6-4-3-5-7-19)23(18(15-25)16-26)17-8-10-20(11-9-17)28(30)31/h3-12,18,23H,13-14H2,1-2H3. The van der Waals surface area contributed by atoms with E-state index in [1.54, 1.807) is 18.2 Å². The monoisotopic (exact) mass is 414 g/mol. The van der Waals surface area contributed by atoms with Gasteiger partial charge < -0.3 is 4.90 Å². The second-order valence-corrected chi connectivity index (χ2v) is 8.35. The van der Waals surface area contributed by atoms with E-state index in [0.717, 1.165) is 5.69 Å². The van der Waals surface area contributed by atoms with Gasteiger partial charge in [0.1, 0.15) is 0 Å². The number of allylic oxidation sites excluding steroid dienone is 2. The number of benzene rings is 2. The largest absolute Gasteiger partial charge is 0.335 e. The van der Waals surface area contributed by atoms with E-state index in [-0.39, 0.29) is 16.9 Å². The molecule has 2 aromatic carbocycles. The first-order chi connectivity index (χ1) is 14.8. The third-order valence-electron chi connectivity index (χ3n) is 5.30. The number of hydrogen-bond acceptors (Lipinski definition) is 6. The summed E-state index contributed by atoms with van der Waals surface area (Å²) in [6.45, 7) is 4.02. The summed E-state index contributed by atoms with van der Waals surface area (Å²) < 4.78 is 0. The molecule has 0 saturated carbocycles. The molecule has 156 valence electrons.